The molecule has 2 N–H and O–H groups in total. The lowest BCUT2D eigenvalue weighted by molar-refractivity contribution is 0.627. The van der Waals surface area contributed by atoms with Gasteiger partial charge in [0.15, 0.2) is 0 Å². The molecule has 1 aromatic rings. The molecule has 0 aromatic heterocycles. The average molecular weight is 151 g/mol. The molecule has 0 radical (unpaired) electrons. The average Bonchev–Trinajstić information content (AvgIpc) is 2.04. The van der Waals surface area contributed by atoms with E-state index in [1.54, 1.807) is 12.1 Å². The summed E-state index contributed by atoms with van der Waals surface area (Å²) in [5, 5.41) is 0. The topological polar surface area (TPSA) is 26.0 Å². The van der Waals surface area contributed by atoms with Crippen LogP contribution in [0.4, 0.5) is 4.39 Å². The first-order valence-corrected chi connectivity index (χ1v) is 3.44. The van der Waals surface area contributed by atoms with Crippen LogP contribution < -0.4 is 5.73 Å². The van der Waals surface area contributed by atoms with E-state index < -0.39 is 0 Å². The van der Waals surface area contributed by atoms with Crippen molar-refractivity contribution in [3.63, 3.8) is 0 Å². The van der Waals surface area contributed by atoms with Crippen LogP contribution in [-0.2, 0) is 6.42 Å². The molecule has 0 unspecified atom stereocenters. The van der Waals surface area contributed by atoms with Gasteiger partial charge in [-0.15, -0.1) is 0 Å². The van der Waals surface area contributed by atoms with Crippen LogP contribution in [0.1, 0.15) is 5.56 Å². The Morgan fingerprint density at radius 2 is 1.91 bits per heavy atom. The largest absolute Gasteiger partial charge is 0.405 e. The quantitative estimate of drug-likeness (QED) is 0.685. The Balaban J connectivity index is 2.66. The molecule has 0 aliphatic carbocycles. The molecule has 11 heavy (non-hydrogen) atoms. The van der Waals surface area contributed by atoms with Crippen molar-refractivity contribution in [2.75, 3.05) is 0 Å². The Bertz CT molecular complexity index is 238. The fourth-order valence-electron chi connectivity index (χ4n) is 0.825. The molecule has 1 rings (SSSR count). The van der Waals surface area contributed by atoms with Crippen molar-refractivity contribution < 1.29 is 4.39 Å². The van der Waals surface area contributed by atoms with E-state index in [1.807, 2.05) is 6.08 Å². The highest BCUT2D eigenvalue weighted by Crippen LogP contribution is 2.03. The van der Waals surface area contributed by atoms with Crippen LogP contribution in [0.25, 0.3) is 0 Å². The molecule has 0 fully saturated rings. The van der Waals surface area contributed by atoms with Gasteiger partial charge in [-0.05, 0) is 30.3 Å². The minimum Gasteiger partial charge on any atom is -0.405 e. The first-order valence-electron chi connectivity index (χ1n) is 3.44. The molecule has 0 saturated carbocycles. The van der Waals surface area contributed by atoms with Crippen molar-refractivity contribution in [3.8, 4) is 0 Å². The highest BCUT2D eigenvalue weighted by molar-refractivity contribution is 5.18. The second-order valence-electron chi connectivity index (χ2n) is 2.26. The first kappa shape index (κ1) is 7.79. The van der Waals surface area contributed by atoms with E-state index in [9.17, 15) is 4.39 Å². The van der Waals surface area contributed by atoms with Gasteiger partial charge in [0.1, 0.15) is 5.82 Å². The number of rotatable bonds is 2. The van der Waals surface area contributed by atoms with Gasteiger partial charge in [0, 0.05) is 0 Å². The molecule has 0 bridgehead atoms. The van der Waals surface area contributed by atoms with Crippen LogP contribution in [0.15, 0.2) is 36.5 Å². The minimum atomic E-state index is -0.203. The lowest BCUT2D eigenvalue weighted by atomic mass is 10.1. The van der Waals surface area contributed by atoms with E-state index in [0.717, 1.165) is 12.0 Å². The van der Waals surface area contributed by atoms with E-state index in [2.05, 4.69) is 0 Å². The third-order valence-electron chi connectivity index (χ3n) is 1.40. The smallest absolute Gasteiger partial charge is 0.123 e. The van der Waals surface area contributed by atoms with Crippen molar-refractivity contribution in [1.82, 2.24) is 0 Å². The predicted octanol–water partition coefficient (Wildman–Crippen LogP) is 1.84. The summed E-state index contributed by atoms with van der Waals surface area (Å²) in [6, 6.07) is 6.38. The summed E-state index contributed by atoms with van der Waals surface area (Å²) in [5.74, 6) is -0.203. The normalized spacial score (nSPS) is 10.6. The van der Waals surface area contributed by atoms with Gasteiger partial charge in [-0.2, -0.15) is 0 Å². The van der Waals surface area contributed by atoms with Crippen LogP contribution in [0.5, 0.6) is 0 Å². The lowest BCUT2D eigenvalue weighted by Crippen LogP contribution is -1.83. The molecule has 0 amide bonds. The first-order chi connectivity index (χ1) is 5.33. The molecule has 0 atom stereocenters. The summed E-state index contributed by atoms with van der Waals surface area (Å²) in [6.45, 7) is 0. The van der Waals surface area contributed by atoms with E-state index in [4.69, 9.17) is 5.73 Å². The predicted molar refractivity (Wildman–Crippen MR) is 43.4 cm³/mol. The second kappa shape index (κ2) is 3.76. The zero-order valence-corrected chi connectivity index (χ0v) is 6.13. The minimum absolute atomic E-state index is 0.203. The Morgan fingerprint density at radius 1 is 1.27 bits per heavy atom. The van der Waals surface area contributed by atoms with E-state index in [0.29, 0.717) is 0 Å². The molecular formula is C9H10FN. The zero-order valence-electron chi connectivity index (χ0n) is 6.13. The SMILES string of the molecule is N/C=C/Cc1ccc(F)cc1. The maximum Gasteiger partial charge on any atom is 0.123 e. The Labute approximate surface area is 65.3 Å². The standard InChI is InChI=1S/C9H10FN/c10-9-5-3-8(4-6-9)2-1-7-11/h1,3-7H,2,11H2/b7-1+. The van der Waals surface area contributed by atoms with E-state index in [1.165, 1.54) is 18.3 Å². The van der Waals surface area contributed by atoms with Gasteiger partial charge in [0.2, 0.25) is 0 Å². The molecular weight excluding hydrogens is 141 g/mol. The summed E-state index contributed by atoms with van der Waals surface area (Å²) in [6.07, 6.45) is 4.08. The molecule has 0 spiro atoms. The molecule has 2 heteroatoms. The van der Waals surface area contributed by atoms with E-state index >= 15 is 0 Å². The fraction of sp³-hybridized carbons (Fsp3) is 0.111. The summed E-state index contributed by atoms with van der Waals surface area (Å²) < 4.78 is 12.4. The monoisotopic (exact) mass is 151 g/mol. The molecule has 0 heterocycles. The van der Waals surface area contributed by atoms with Gasteiger partial charge in [-0.1, -0.05) is 18.2 Å². The van der Waals surface area contributed by atoms with Crippen molar-refractivity contribution in [1.29, 1.82) is 0 Å². The maximum atomic E-state index is 12.4. The number of benzene rings is 1. The highest BCUT2D eigenvalue weighted by Gasteiger charge is 1.89. The summed E-state index contributed by atoms with van der Waals surface area (Å²) in [7, 11) is 0. The van der Waals surface area contributed by atoms with Crippen molar-refractivity contribution in [2.24, 2.45) is 5.73 Å². The van der Waals surface area contributed by atoms with Crippen molar-refractivity contribution in [2.45, 2.75) is 6.42 Å². The highest BCUT2D eigenvalue weighted by atomic mass is 19.1. The van der Waals surface area contributed by atoms with E-state index in [-0.39, 0.29) is 5.82 Å². The zero-order chi connectivity index (χ0) is 8.10. The molecule has 0 saturated heterocycles. The number of hydrogen-bond donors (Lipinski definition) is 1. The van der Waals surface area contributed by atoms with Crippen LogP contribution >= 0.6 is 0 Å². The van der Waals surface area contributed by atoms with Gasteiger partial charge in [0.25, 0.3) is 0 Å². The van der Waals surface area contributed by atoms with Gasteiger partial charge in [-0.3, -0.25) is 0 Å². The summed E-state index contributed by atoms with van der Waals surface area (Å²) in [5.41, 5.74) is 6.21. The third kappa shape index (κ3) is 2.42. The summed E-state index contributed by atoms with van der Waals surface area (Å²) in [4.78, 5) is 0. The van der Waals surface area contributed by atoms with Gasteiger partial charge in [-0.25, -0.2) is 4.39 Å². The van der Waals surface area contributed by atoms with Crippen molar-refractivity contribution >= 4 is 0 Å². The van der Waals surface area contributed by atoms with Crippen LogP contribution in [-0.4, -0.2) is 0 Å². The van der Waals surface area contributed by atoms with Gasteiger partial charge >= 0.3 is 0 Å². The Morgan fingerprint density at radius 3 is 2.45 bits per heavy atom. The number of hydrogen-bond acceptors (Lipinski definition) is 1. The number of halogens is 1. The molecule has 58 valence electrons. The second-order valence-corrected chi connectivity index (χ2v) is 2.26. The van der Waals surface area contributed by atoms with Crippen molar-refractivity contribution in [3.05, 3.63) is 47.9 Å². The molecule has 1 nitrogen and oxygen atoms in total. The number of allylic oxidation sites excluding steroid dienone is 1. The summed E-state index contributed by atoms with van der Waals surface area (Å²) >= 11 is 0. The fourth-order valence-corrected chi connectivity index (χ4v) is 0.825. The molecule has 0 aliphatic heterocycles. The maximum absolute atomic E-state index is 12.4. The number of nitrogens with two attached hydrogens (primary N) is 1. The molecule has 0 aliphatic rings. The Hall–Kier alpha value is -1.31. The van der Waals surface area contributed by atoms with Crippen LogP contribution in [0.3, 0.4) is 0 Å². The van der Waals surface area contributed by atoms with Crippen LogP contribution in [0.2, 0.25) is 0 Å². The van der Waals surface area contributed by atoms with Gasteiger partial charge < -0.3 is 5.73 Å². The third-order valence-corrected chi connectivity index (χ3v) is 1.40. The van der Waals surface area contributed by atoms with Crippen LogP contribution in [0, 0.1) is 5.82 Å². The molecule has 1 aromatic carbocycles. The van der Waals surface area contributed by atoms with Gasteiger partial charge in [0.05, 0.1) is 0 Å². The lowest BCUT2D eigenvalue weighted by Gasteiger charge is -1.93. The Kier molecular flexibility index (Phi) is 2.66.